The Bertz CT molecular complexity index is 254. The molecule has 0 aliphatic rings. The first-order valence-electron chi connectivity index (χ1n) is 4.53. The standard InChI is InChI=1S/C10H16N2S/c1-4-8(2)7-12-9(3)10-11-5-6-13-10/h5-6,9,12H,2,4,7H2,1,3H3. The summed E-state index contributed by atoms with van der Waals surface area (Å²) < 4.78 is 0. The zero-order chi connectivity index (χ0) is 9.68. The number of thiazole rings is 1. The highest BCUT2D eigenvalue weighted by atomic mass is 32.1. The van der Waals surface area contributed by atoms with Gasteiger partial charge in [0.25, 0.3) is 0 Å². The molecule has 0 saturated carbocycles. The van der Waals surface area contributed by atoms with Gasteiger partial charge in [0, 0.05) is 18.1 Å². The van der Waals surface area contributed by atoms with Gasteiger partial charge in [-0.15, -0.1) is 11.3 Å². The molecule has 0 spiro atoms. The Balaban J connectivity index is 2.34. The molecule has 72 valence electrons. The van der Waals surface area contributed by atoms with Crippen LogP contribution in [-0.2, 0) is 0 Å². The smallest absolute Gasteiger partial charge is 0.109 e. The molecule has 0 fully saturated rings. The van der Waals surface area contributed by atoms with Crippen molar-refractivity contribution in [2.45, 2.75) is 26.3 Å². The van der Waals surface area contributed by atoms with Gasteiger partial charge < -0.3 is 5.32 Å². The number of nitrogens with one attached hydrogen (secondary N) is 1. The van der Waals surface area contributed by atoms with E-state index in [4.69, 9.17) is 0 Å². The summed E-state index contributed by atoms with van der Waals surface area (Å²) in [6.07, 6.45) is 2.88. The van der Waals surface area contributed by atoms with Gasteiger partial charge in [0.05, 0.1) is 6.04 Å². The van der Waals surface area contributed by atoms with Crippen LogP contribution in [0.4, 0.5) is 0 Å². The van der Waals surface area contributed by atoms with Crippen LogP contribution in [0.5, 0.6) is 0 Å². The van der Waals surface area contributed by atoms with E-state index in [0.717, 1.165) is 18.0 Å². The molecule has 0 saturated heterocycles. The number of hydrogen-bond donors (Lipinski definition) is 1. The van der Waals surface area contributed by atoms with Crippen molar-refractivity contribution < 1.29 is 0 Å². The highest BCUT2D eigenvalue weighted by Crippen LogP contribution is 2.14. The van der Waals surface area contributed by atoms with Gasteiger partial charge in [-0.25, -0.2) is 4.98 Å². The van der Waals surface area contributed by atoms with Crippen LogP contribution in [0.1, 0.15) is 31.3 Å². The lowest BCUT2D eigenvalue weighted by Gasteiger charge is -2.11. The van der Waals surface area contributed by atoms with E-state index in [1.165, 1.54) is 5.57 Å². The van der Waals surface area contributed by atoms with Crippen molar-refractivity contribution in [2.24, 2.45) is 0 Å². The predicted octanol–water partition coefficient (Wildman–Crippen LogP) is 2.76. The zero-order valence-corrected chi connectivity index (χ0v) is 9.03. The second-order valence-corrected chi connectivity index (χ2v) is 4.00. The van der Waals surface area contributed by atoms with Crippen molar-refractivity contribution >= 4 is 11.3 Å². The van der Waals surface area contributed by atoms with E-state index in [1.54, 1.807) is 11.3 Å². The third-order valence-electron chi connectivity index (χ3n) is 1.98. The molecule has 1 heterocycles. The predicted molar refractivity (Wildman–Crippen MR) is 58.0 cm³/mol. The average Bonchev–Trinajstić information content (AvgIpc) is 2.66. The number of nitrogens with zero attached hydrogens (tertiary/aromatic N) is 1. The molecule has 0 bridgehead atoms. The quantitative estimate of drug-likeness (QED) is 0.732. The van der Waals surface area contributed by atoms with Crippen LogP contribution in [0.3, 0.4) is 0 Å². The van der Waals surface area contributed by atoms with Gasteiger partial charge >= 0.3 is 0 Å². The molecule has 1 N–H and O–H groups in total. The lowest BCUT2D eigenvalue weighted by molar-refractivity contribution is 0.598. The van der Waals surface area contributed by atoms with Crippen molar-refractivity contribution in [3.8, 4) is 0 Å². The Hall–Kier alpha value is -0.670. The molecule has 13 heavy (non-hydrogen) atoms. The Morgan fingerprint density at radius 2 is 2.54 bits per heavy atom. The molecular formula is C10H16N2S. The van der Waals surface area contributed by atoms with Crippen LogP contribution < -0.4 is 5.32 Å². The fourth-order valence-corrected chi connectivity index (χ4v) is 1.63. The van der Waals surface area contributed by atoms with Gasteiger partial charge in [0.15, 0.2) is 0 Å². The molecule has 1 unspecified atom stereocenters. The fourth-order valence-electron chi connectivity index (χ4n) is 0.958. The van der Waals surface area contributed by atoms with Crippen molar-refractivity contribution in [2.75, 3.05) is 6.54 Å². The highest BCUT2D eigenvalue weighted by Gasteiger charge is 2.06. The minimum absolute atomic E-state index is 0.336. The van der Waals surface area contributed by atoms with Crippen LogP contribution in [-0.4, -0.2) is 11.5 Å². The normalized spacial score (nSPS) is 12.8. The number of rotatable bonds is 5. The molecule has 0 aliphatic carbocycles. The molecule has 0 amide bonds. The Morgan fingerprint density at radius 3 is 3.08 bits per heavy atom. The first-order valence-corrected chi connectivity index (χ1v) is 5.41. The molecule has 0 radical (unpaired) electrons. The van der Waals surface area contributed by atoms with E-state index in [9.17, 15) is 0 Å². The summed E-state index contributed by atoms with van der Waals surface area (Å²) in [5, 5.41) is 6.53. The summed E-state index contributed by atoms with van der Waals surface area (Å²) in [6.45, 7) is 9.08. The highest BCUT2D eigenvalue weighted by molar-refractivity contribution is 7.09. The molecule has 1 aromatic rings. The van der Waals surface area contributed by atoms with Crippen LogP contribution in [0.15, 0.2) is 23.7 Å². The monoisotopic (exact) mass is 196 g/mol. The SMILES string of the molecule is C=C(CC)CNC(C)c1nccs1. The van der Waals surface area contributed by atoms with Crippen molar-refractivity contribution in [3.05, 3.63) is 28.7 Å². The molecular weight excluding hydrogens is 180 g/mol. The van der Waals surface area contributed by atoms with Crippen LogP contribution in [0.2, 0.25) is 0 Å². The summed E-state index contributed by atoms with van der Waals surface area (Å²) >= 11 is 1.69. The lowest BCUT2D eigenvalue weighted by Crippen LogP contribution is -2.20. The molecule has 0 aromatic carbocycles. The first kappa shape index (κ1) is 10.4. The molecule has 3 heteroatoms. The minimum atomic E-state index is 0.336. The number of hydrogen-bond acceptors (Lipinski definition) is 3. The van der Waals surface area contributed by atoms with E-state index >= 15 is 0 Å². The topological polar surface area (TPSA) is 24.9 Å². The van der Waals surface area contributed by atoms with E-state index < -0.39 is 0 Å². The summed E-state index contributed by atoms with van der Waals surface area (Å²) in [6, 6.07) is 0.336. The molecule has 2 nitrogen and oxygen atoms in total. The second-order valence-electron chi connectivity index (χ2n) is 3.08. The van der Waals surface area contributed by atoms with Crippen molar-refractivity contribution in [1.82, 2.24) is 10.3 Å². The van der Waals surface area contributed by atoms with E-state index in [-0.39, 0.29) is 0 Å². The van der Waals surface area contributed by atoms with Crippen LogP contribution >= 0.6 is 11.3 Å². The Kier molecular flexibility index (Phi) is 4.12. The van der Waals surface area contributed by atoms with Crippen molar-refractivity contribution in [1.29, 1.82) is 0 Å². The first-order chi connectivity index (χ1) is 6.24. The fraction of sp³-hybridized carbons (Fsp3) is 0.500. The van der Waals surface area contributed by atoms with Crippen LogP contribution in [0, 0.1) is 0 Å². The van der Waals surface area contributed by atoms with Gasteiger partial charge in [0.1, 0.15) is 5.01 Å². The van der Waals surface area contributed by atoms with Crippen molar-refractivity contribution in [3.63, 3.8) is 0 Å². The van der Waals surface area contributed by atoms with Gasteiger partial charge in [0.2, 0.25) is 0 Å². The second kappa shape index (κ2) is 5.14. The van der Waals surface area contributed by atoms with E-state index in [0.29, 0.717) is 6.04 Å². The van der Waals surface area contributed by atoms with E-state index in [2.05, 4.69) is 30.7 Å². The zero-order valence-electron chi connectivity index (χ0n) is 8.21. The average molecular weight is 196 g/mol. The molecule has 1 aromatic heterocycles. The van der Waals surface area contributed by atoms with Gasteiger partial charge in [-0.3, -0.25) is 0 Å². The maximum Gasteiger partial charge on any atom is 0.109 e. The minimum Gasteiger partial charge on any atom is -0.304 e. The maximum atomic E-state index is 4.25. The van der Waals surface area contributed by atoms with Gasteiger partial charge in [-0.2, -0.15) is 0 Å². The molecule has 1 atom stereocenters. The maximum absolute atomic E-state index is 4.25. The summed E-state index contributed by atoms with van der Waals surface area (Å²) in [7, 11) is 0. The lowest BCUT2D eigenvalue weighted by atomic mass is 10.2. The molecule has 0 aliphatic heterocycles. The largest absolute Gasteiger partial charge is 0.304 e. The Morgan fingerprint density at radius 1 is 1.77 bits per heavy atom. The van der Waals surface area contributed by atoms with E-state index in [1.807, 2.05) is 11.6 Å². The third kappa shape index (κ3) is 3.28. The molecule has 1 rings (SSSR count). The summed E-state index contributed by atoms with van der Waals surface area (Å²) in [5.41, 5.74) is 1.24. The Labute approximate surface area is 83.7 Å². The number of aromatic nitrogens is 1. The van der Waals surface area contributed by atoms with Gasteiger partial charge in [-0.1, -0.05) is 19.1 Å². The third-order valence-corrected chi connectivity index (χ3v) is 2.94. The van der Waals surface area contributed by atoms with Crippen LogP contribution in [0.25, 0.3) is 0 Å². The van der Waals surface area contributed by atoms with Gasteiger partial charge in [-0.05, 0) is 13.3 Å². The summed E-state index contributed by atoms with van der Waals surface area (Å²) in [4.78, 5) is 4.25. The summed E-state index contributed by atoms with van der Waals surface area (Å²) in [5.74, 6) is 0.